The molecule has 3 heterocycles. The minimum atomic E-state index is 0.0606. The number of ether oxygens (including phenoxy) is 1. The van der Waals surface area contributed by atoms with Crippen molar-refractivity contribution in [1.29, 1.82) is 0 Å². The Balaban J connectivity index is 1.37. The first-order chi connectivity index (χ1) is 20.9. The summed E-state index contributed by atoms with van der Waals surface area (Å²) in [6.45, 7) is 17.2. The van der Waals surface area contributed by atoms with Crippen molar-refractivity contribution in [2.24, 2.45) is 5.41 Å². The first-order valence-electron chi connectivity index (χ1n) is 15.3. The average molecular weight is 620 g/mol. The number of hydrogen-bond donors (Lipinski definition) is 0. The second-order valence-electron chi connectivity index (χ2n) is 13.7. The van der Waals surface area contributed by atoms with E-state index >= 15 is 0 Å². The molecule has 0 saturated carbocycles. The van der Waals surface area contributed by atoms with Crippen LogP contribution in [0.3, 0.4) is 0 Å². The molecule has 0 bridgehead atoms. The number of rotatable bonds is 8. The van der Waals surface area contributed by atoms with E-state index in [4.69, 9.17) is 9.72 Å². The molecule has 0 fully saturated rings. The molecule has 0 N–H and O–H groups in total. The molecular formula is C38H41N3OS2. The maximum atomic E-state index is 6.37. The third-order valence-electron chi connectivity index (χ3n) is 7.40. The van der Waals surface area contributed by atoms with Crippen molar-refractivity contribution in [3.8, 4) is 16.3 Å². The molecular weight excluding hydrogens is 579 g/mol. The summed E-state index contributed by atoms with van der Waals surface area (Å²) in [7, 11) is 0. The number of aromatic nitrogens is 3. The number of thiazole rings is 1. The molecule has 0 aliphatic heterocycles. The van der Waals surface area contributed by atoms with E-state index in [0.717, 1.165) is 40.3 Å². The fourth-order valence-electron chi connectivity index (χ4n) is 5.49. The number of benzene rings is 3. The number of pyridine rings is 1. The Kier molecular flexibility index (Phi) is 8.33. The van der Waals surface area contributed by atoms with Crippen molar-refractivity contribution < 1.29 is 4.74 Å². The first-order valence-corrected chi connectivity index (χ1v) is 16.9. The Morgan fingerprint density at radius 2 is 1.66 bits per heavy atom. The number of nitrogens with zero attached hydrogens (tertiary/aromatic N) is 3. The Morgan fingerprint density at radius 1 is 0.886 bits per heavy atom. The maximum Gasteiger partial charge on any atom is 0.130 e. The normalized spacial score (nSPS) is 12.3. The van der Waals surface area contributed by atoms with E-state index in [1.807, 2.05) is 36.2 Å². The third-order valence-corrected chi connectivity index (χ3v) is 9.64. The highest BCUT2D eigenvalue weighted by Gasteiger charge is 2.26. The van der Waals surface area contributed by atoms with Gasteiger partial charge in [-0.25, -0.2) is 9.97 Å². The number of fused-ring (bicyclic) bond motifs is 2. The van der Waals surface area contributed by atoms with Crippen LogP contribution in [0.25, 0.3) is 32.4 Å². The summed E-state index contributed by atoms with van der Waals surface area (Å²) in [6.07, 6.45) is 2.93. The van der Waals surface area contributed by atoms with Gasteiger partial charge >= 0.3 is 0 Å². The summed E-state index contributed by atoms with van der Waals surface area (Å²) in [5, 5.41) is 3.47. The molecule has 0 spiro atoms. The van der Waals surface area contributed by atoms with E-state index in [9.17, 15) is 0 Å². The molecule has 6 rings (SSSR count). The lowest BCUT2D eigenvalue weighted by molar-refractivity contribution is 0.302. The first kappa shape index (κ1) is 30.4. The van der Waals surface area contributed by atoms with Gasteiger partial charge in [0.1, 0.15) is 17.4 Å². The topological polar surface area (TPSA) is 39.9 Å². The summed E-state index contributed by atoms with van der Waals surface area (Å²) in [6, 6.07) is 27.9. The van der Waals surface area contributed by atoms with Crippen LogP contribution in [0.1, 0.15) is 63.4 Å². The monoisotopic (exact) mass is 619 g/mol. The van der Waals surface area contributed by atoms with Crippen LogP contribution in [-0.4, -0.2) is 19.3 Å². The van der Waals surface area contributed by atoms with Crippen molar-refractivity contribution >= 4 is 44.9 Å². The predicted octanol–water partition coefficient (Wildman–Crippen LogP) is 10.7. The van der Waals surface area contributed by atoms with Gasteiger partial charge in [-0.2, -0.15) is 0 Å². The van der Waals surface area contributed by atoms with Crippen LogP contribution in [0.2, 0.25) is 0 Å². The molecule has 0 atom stereocenters. The molecule has 0 saturated heterocycles. The Bertz CT molecular complexity index is 1920. The molecule has 4 nitrogen and oxygen atoms in total. The minimum Gasteiger partial charge on any atom is -0.487 e. The number of thioether (sulfide) groups is 1. The summed E-state index contributed by atoms with van der Waals surface area (Å²) >= 11 is 3.70. The predicted molar refractivity (Wildman–Crippen MR) is 188 cm³/mol. The smallest absolute Gasteiger partial charge is 0.130 e. The van der Waals surface area contributed by atoms with E-state index in [-0.39, 0.29) is 10.2 Å². The molecule has 3 aromatic carbocycles. The van der Waals surface area contributed by atoms with Gasteiger partial charge < -0.3 is 9.30 Å². The molecule has 44 heavy (non-hydrogen) atoms. The zero-order chi connectivity index (χ0) is 31.1. The Labute approximate surface area is 269 Å². The van der Waals surface area contributed by atoms with Crippen molar-refractivity contribution in [1.82, 2.24) is 14.5 Å². The van der Waals surface area contributed by atoms with Gasteiger partial charge in [0, 0.05) is 54.8 Å². The second kappa shape index (κ2) is 12.1. The van der Waals surface area contributed by atoms with Gasteiger partial charge in [0.05, 0.1) is 11.2 Å². The van der Waals surface area contributed by atoms with Gasteiger partial charge in [-0.15, -0.1) is 23.1 Å². The van der Waals surface area contributed by atoms with Crippen LogP contribution >= 0.6 is 23.1 Å². The minimum absolute atomic E-state index is 0.0606. The van der Waals surface area contributed by atoms with Crippen molar-refractivity contribution in [3.05, 3.63) is 107 Å². The summed E-state index contributed by atoms with van der Waals surface area (Å²) in [4.78, 5) is 12.0. The van der Waals surface area contributed by atoms with Crippen LogP contribution in [0.4, 0.5) is 0 Å². The standard InChI is InChI=1S/C38H41N3OS2/c1-25-22-39-36(43-25)28-14-12-26(13-15-28)23-41-33-19-18-30(42-24-29-17-16-27-10-8-9-11-32(27)40-29)20-31(33)35(44-38(5,6)7)34(41)21-37(2,3)4/h8-20,22H,21,23-24H2,1-7H3. The van der Waals surface area contributed by atoms with E-state index < -0.39 is 0 Å². The molecule has 0 radical (unpaired) electrons. The molecule has 6 heteroatoms. The zero-order valence-corrected chi connectivity index (χ0v) is 28.4. The molecule has 3 aromatic heterocycles. The van der Waals surface area contributed by atoms with Gasteiger partial charge in [-0.05, 0) is 54.7 Å². The fourth-order valence-corrected chi connectivity index (χ4v) is 7.45. The number of hydrogen-bond acceptors (Lipinski definition) is 5. The van der Waals surface area contributed by atoms with Crippen LogP contribution in [-0.2, 0) is 19.6 Å². The average Bonchev–Trinajstić information content (AvgIpc) is 3.52. The zero-order valence-electron chi connectivity index (χ0n) is 26.8. The maximum absolute atomic E-state index is 6.37. The van der Waals surface area contributed by atoms with Crippen LogP contribution in [0, 0.1) is 12.3 Å². The highest BCUT2D eigenvalue weighted by molar-refractivity contribution is 8.00. The molecule has 0 aliphatic carbocycles. The van der Waals surface area contributed by atoms with Gasteiger partial charge in [-0.3, -0.25) is 0 Å². The molecule has 6 aromatic rings. The number of para-hydroxylation sites is 1. The van der Waals surface area contributed by atoms with Gasteiger partial charge in [0.25, 0.3) is 0 Å². The molecule has 0 amide bonds. The number of aryl methyl sites for hydroxylation is 1. The van der Waals surface area contributed by atoms with E-state index in [0.29, 0.717) is 6.61 Å². The summed E-state index contributed by atoms with van der Waals surface area (Å²) < 4.78 is 8.97. The second-order valence-corrected chi connectivity index (χ2v) is 16.8. The van der Waals surface area contributed by atoms with Crippen molar-refractivity contribution in [2.45, 2.75) is 77.7 Å². The Hall–Kier alpha value is -3.61. The Morgan fingerprint density at radius 3 is 2.36 bits per heavy atom. The van der Waals surface area contributed by atoms with E-state index in [1.165, 1.54) is 37.5 Å². The van der Waals surface area contributed by atoms with Gasteiger partial charge in [0.15, 0.2) is 0 Å². The van der Waals surface area contributed by atoms with Crippen LogP contribution in [0.5, 0.6) is 5.75 Å². The third kappa shape index (κ3) is 7.03. The van der Waals surface area contributed by atoms with Crippen molar-refractivity contribution in [3.63, 3.8) is 0 Å². The SMILES string of the molecule is Cc1cnc(-c2ccc(Cn3c(CC(C)(C)C)c(SC(C)(C)C)c4cc(OCc5ccc6ccccc6n5)ccc43)cc2)s1. The lowest BCUT2D eigenvalue weighted by Gasteiger charge is -2.24. The lowest BCUT2D eigenvalue weighted by atomic mass is 9.90. The van der Waals surface area contributed by atoms with Crippen LogP contribution < -0.4 is 4.74 Å². The van der Waals surface area contributed by atoms with E-state index in [1.54, 1.807) is 11.3 Å². The van der Waals surface area contributed by atoms with E-state index in [2.05, 4.69) is 119 Å². The quantitative estimate of drug-likeness (QED) is 0.159. The van der Waals surface area contributed by atoms with Gasteiger partial charge in [-0.1, -0.05) is 90.1 Å². The lowest BCUT2D eigenvalue weighted by Crippen LogP contribution is -2.16. The van der Waals surface area contributed by atoms with Gasteiger partial charge in [0.2, 0.25) is 0 Å². The summed E-state index contributed by atoms with van der Waals surface area (Å²) in [5.41, 5.74) is 7.14. The summed E-state index contributed by atoms with van der Waals surface area (Å²) in [5.74, 6) is 0.866. The molecule has 226 valence electrons. The highest BCUT2D eigenvalue weighted by atomic mass is 32.2. The molecule has 0 aliphatic rings. The van der Waals surface area contributed by atoms with Crippen molar-refractivity contribution in [2.75, 3.05) is 0 Å². The fraction of sp³-hybridized carbons (Fsp3) is 0.316. The highest BCUT2D eigenvalue weighted by Crippen LogP contribution is 2.44. The molecule has 0 unspecified atom stereocenters. The van der Waals surface area contributed by atoms with Crippen LogP contribution in [0.15, 0.2) is 90.0 Å². The largest absolute Gasteiger partial charge is 0.487 e.